The summed E-state index contributed by atoms with van der Waals surface area (Å²) in [6, 6.07) is 11.7. The van der Waals surface area contributed by atoms with Crippen LogP contribution in [0.5, 0.6) is 23.0 Å². The number of phenolic OH excluding ortho intramolecular Hbond substituents is 2. The summed E-state index contributed by atoms with van der Waals surface area (Å²) in [5, 5.41) is 18.9. The minimum absolute atomic E-state index is 0.157. The molecule has 6 nitrogen and oxygen atoms in total. The van der Waals surface area contributed by atoms with Gasteiger partial charge in [-0.15, -0.1) is 0 Å². The van der Waals surface area contributed by atoms with Crippen molar-refractivity contribution in [1.29, 1.82) is 0 Å². The number of allylic oxidation sites excluding steroid dienone is 2. The van der Waals surface area contributed by atoms with Gasteiger partial charge >= 0.3 is 0 Å². The first-order valence-electron chi connectivity index (χ1n) is 9.34. The first kappa shape index (κ1) is 20.1. The van der Waals surface area contributed by atoms with E-state index in [4.69, 9.17) is 4.74 Å². The van der Waals surface area contributed by atoms with E-state index in [9.17, 15) is 18.6 Å². The molecule has 3 N–H and O–H groups in total. The van der Waals surface area contributed by atoms with Crippen molar-refractivity contribution in [1.82, 2.24) is 4.72 Å². The van der Waals surface area contributed by atoms with Gasteiger partial charge in [0.05, 0.1) is 5.75 Å². The smallest absolute Gasteiger partial charge is 0.232 e. The van der Waals surface area contributed by atoms with Gasteiger partial charge in [0.15, 0.2) is 11.5 Å². The molecule has 0 bridgehead atoms. The first-order chi connectivity index (χ1) is 13.3. The average molecular weight is 404 g/mol. The molecular weight excluding hydrogens is 378 g/mol. The number of aromatic hydroxyl groups is 2. The minimum atomic E-state index is -3.31. The second-order valence-corrected chi connectivity index (χ2v) is 8.81. The van der Waals surface area contributed by atoms with Crippen LogP contribution in [0.4, 0.5) is 0 Å². The average Bonchev–Trinajstić information content (AvgIpc) is 2.64. The molecule has 0 amide bonds. The normalized spacial score (nSPS) is 20.2. The van der Waals surface area contributed by atoms with Crippen molar-refractivity contribution < 1.29 is 23.4 Å². The lowest BCUT2D eigenvalue weighted by atomic mass is 9.97. The van der Waals surface area contributed by atoms with Crippen LogP contribution in [-0.2, 0) is 10.0 Å². The fraction of sp³-hybridized carbons (Fsp3) is 0.333. The highest BCUT2D eigenvalue weighted by atomic mass is 32.2. The Morgan fingerprint density at radius 1 is 0.893 bits per heavy atom. The molecule has 28 heavy (non-hydrogen) atoms. The molecule has 0 fully saturated rings. The van der Waals surface area contributed by atoms with Crippen molar-refractivity contribution in [3.8, 4) is 23.0 Å². The van der Waals surface area contributed by atoms with Crippen LogP contribution in [0, 0.1) is 0 Å². The van der Waals surface area contributed by atoms with E-state index in [0.29, 0.717) is 23.6 Å². The molecule has 0 spiro atoms. The van der Waals surface area contributed by atoms with Gasteiger partial charge in [0.2, 0.25) is 10.0 Å². The van der Waals surface area contributed by atoms with E-state index >= 15 is 0 Å². The van der Waals surface area contributed by atoms with Crippen LogP contribution in [0.25, 0.3) is 5.57 Å². The van der Waals surface area contributed by atoms with Crippen molar-refractivity contribution in [2.75, 3.05) is 5.75 Å². The molecule has 3 rings (SSSR count). The van der Waals surface area contributed by atoms with Gasteiger partial charge in [0.1, 0.15) is 11.5 Å². The van der Waals surface area contributed by atoms with E-state index in [0.717, 1.165) is 36.8 Å². The number of sulfonamides is 1. The minimum Gasteiger partial charge on any atom is -0.504 e. The number of hydrogen-bond donors (Lipinski definition) is 3. The summed E-state index contributed by atoms with van der Waals surface area (Å²) in [7, 11) is -3.31. The van der Waals surface area contributed by atoms with Crippen molar-refractivity contribution >= 4 is 15.6 Å². The SMILES string of the molecule is C/C1=C(/c2ccc(Oc3ccc(O)c(O)c3)cc2)CCCCCCS(=O)(=O)N1. The Labute approximate surface area is 165 Å². The molecule has 1 aliphatic rings. The molecule has 0 unspecified atom stereocenters. The summed E-state index contributed by atoms with van der Waals surface area (Å²) >= 11 is 0. The highest BCUT2D eigenvalue weighted by Crippen LogP contribution is 2.32. The number of hydrogen-bond acceptors (Lipinski definition) is 5. The van der Waals surface area contributed by atoms with Crippen molar-refractivity contribution in [2.24, 2.45) is 0 Å². The quantitative estimate of drug-likeness (QED) is 0.656. The molecule has 2 aromatic rings. The zero-order chi connectivity index (χ0) is 20.1. The van der Waals surface area contributed by atoms with E-state index in [1.807, 2.05) is 12.1 Å². The van der Waals surface area contributed by atoms with Crippen molar-refractivity contribution in [3.63, 3.8) is 0 Å². The van der Waals surface area contributed by atoms with E-state index in [2.05, 4.69) is 4.72 Å². The Morgan fingerprint density at radius 2 is 1.57 bits per heavy atom. The predicted octanol–water partition coefficient (Wildman–Crippen LogP) is 4.50. The Balaban J connectivity index is 1.82. The summed E-state index contributed by atoms with van der Waals surface area (Å²) < 4.78 is 32.8. The van der Waals surface area contributed by atoms with Crippen LogP contribution in [0.2, 0.25) is 0 Å². The van der Waals surface area contributed by atoms with Crippen molar-refractivity contribution in [3.05, 3.63) is 53.7 Å². The van der Waals surface area contributed by atoms with Crippen LogP contribution >= 0.6 is 0 Å². The fourth-order valence-electron chi connectivity index (χ4n) is 3.27. The van der Waals surface area contributed by atoms with Gasteiger partial charge in [-0.25, -0.2) is 8.42 Å². The zero-order valence-corrected chi connectivity index (χ0v) is 16.6. The highest BCUT2D eigenvalue weighted by molar-refractivity contribution is 7.89. The van der Waals surface area contributed by atoms with Gasteiger partial charge in [-0.3, -0.25) is 4.72 Å². The lowest BCUT2D eigenvalue weighted by Gasteiger charge is -2.17. The van der Waals surface area contributed by atoms with Gasteiger partial charge in [-0.2, -0.15) is 0 Å². The predicted molar refractivity (Wildman–Crippen MR) is 109 cm³/mol. The third-order valence-corrected chi connectivity index (χ3v) is 6.18. The van der Waals surface area contributed by atoms with Crippen molar-refractivity contribution in [2.45, 2.75) is 39.0 Å². The number of benzene rings is 2. The number of phenols is 2. The molecule has 0 saturated heterocycles. The maximum atomic E-state index is 12.2. The summed E-state index contributed by atoms with van der Waals surface area (Å²) in [6.07, 6.45) is 4.44. The van der Waals surface area contributed by atoms with E-state index in [-0.39, 0.29) is 17.3 Å². The monoisotopic (exact) mass is 403 g/mol. The van der Waals surface area contributed by atoms with Crippen LogP contribution in [0.1, 0.15) is 44.6 Å². The lowest BCUT2D eigenvalue weighted by molar-refractivity contribution is 0.398. The molecule has 0 aromatic heterocycles. The molecule has 1 heterocycles. The molecule has 2 aromatic carbocycles. The molecule has 0 atom stereocenters. The molecule has 0 aliphatic carbocycles. The third-order valence-electron chi connectivity index (χ3n) is 4.74. The largest absolute Gasteiger partial charge is 0.504 e. The highest BCUT2D eigenvalue weighted by Gasteiger charge is 2.15. The third kappa shape index (κ3) is 5.19. The maximum absolute atomic E-state index is 12.2. The topological polar surface area (TPSA) is 95.9 Å². The lowest BCUT2D eigenvalue weighted by Crippen LogP contribution is -2.26. The van der Waals surface area contributed by atoms with Crippen LogP contribution < -0.4 is 9.46 Å². The summed E-state index contributed by atoms with van der Waals surface area (Å²) in [6.45, 7) is 1.80. The molecular formula is C21H25NO5S. The maximum Gasteiger partial charge on any atom is 0.232 e. The second-order valence-electron chi connectivity index (χ2n) is 6.97. The fourth-order valence-corrected chi connectivity index (χ4v) is 4.54. The first-order valence-corrected chi connectivity index (χ1v) is 11.0. The second kappa shape index (κ2) is 8.56. The molecule has 150 valence electrons. The van der Waals surface area contributed by atoms with Crippen LogP contribution in [-0.4, -0.2) is 24.4 Å². The van der Waals surface area contributed by atoms with Crippen LogP contribution in [0.3, 0.4) is 0 Å². The molecule has 7 heteroatoms. The Morgan fingerprint density at radius 3 is 2.29 bits per heavy atom. The van der Waals surface area contributed by atoms with Gasteiger partial charge in [0, 0.05) is 11.8 Å². The molecule has 1 aliphatic heterocycles. The van der Waals surface area contributed by atoms with E-state index in [1.165, 1.54) is 12.1 Å². The van der Waals surface area contributed by atoms with Gasteiger partial charge < -0.3 is 14.9 Å². The van der Waals surface area contributed by atoms with Gasteiger partial charge in [-0.1, -0.05) is 25.0 Å². The zero-order valence-electron chi connectivity index (χ0n) is 15.8. The summed E-state index contributed by atoms with van der Waals surface area (Å²) in [4.78, 5) is 0. The summed E-state index contributed by atoms with van der Waals surface area (Å²) in [5.74, 6) is 0.689. The van der Waals surface area contributed by atoms with Gasteiger partial charge in [-0.05, 0) is 61.6 Å². The van der Waals surface area contributed by atoms with E-state index < -0.39 is 10.0 Å². The Kier molecular flexibility index (Phi) is 6.14. The number of ether oxygens (including phenoxy) is 1. The Bertz CT molecular complexity index is 965. The summed E-state index contributed by atoms with van der Waals surface area (Å²) in [5.41, 5.74) is 2.60. The number of rotatable bonds is 3. The Hall–Kier alpha value is -2.67. The standard InChI is InChI=1S/C21H25NO5S/c1-15-19(6-4-2-3-5-13-28(25,26)22-15)16-7-9-17(10-8-16)27-18-11-12-20(23)21(24)14-18/h7-12,14,22-24H,2-6,13H2,1H3/b19-15-. The number of nitrogens with one attached hydrogen (secondary N) is 1. The molecule has 0 saturated carbocycles. The van der Waals surface area contributed by atoms with Crippen LogP contribution in [0.15, 0.2) is 48.2 Å². The van der Waals surface area contributed by atoms with E-state index in [1.54, 1.807) is 25.1 Å². The molecule has 0 radical (unpaired) electrons. The van der Waals surface area contributed by atoms with Gasteiger partial charge in [0.25, 0.3) is 0 Å².